The van der Waals surface area contributed by atoms with Crippen LogP contribution in [0.15, 0.2) is 0 Å². The van der Waals surface area contributed by atoms with Crippen molar-refractivity contribution < 1.29 is 0 Å². The maximum absolute atomic E-state index is 2.66. The molecule has 0 atom stereocenters. The summed E-state index contributed by atoms with van der Waals surface area (Å²) < 4.78 is 0. The molecule has 75 valence electrons. The molecule has 2 fully saturated rings. The van der Waals surface area contributed by atoms with Crippen molar-refractivity contribution >= 4 is 0 Å². The van der Waals surface area contributed by atoms with Crippen molar-refractivity contribution in [2.24, 2.45) is 11.8 Å². The van der Waals surface area contributed by atoms with Gasteiger partial charge < -0.3 is 0 Å². The van der Waals surface area contributed by atoms with E-state index in [2.05, 4.69) is 6.42 Å². The highest BCUT2D eigenvalue weighted by molar-refractivity contribution is 4.83. The van der Waals surface area contributed by atoms with E-state index in [1.807, 2.05) is 0 Å². The Morgan fingerprint density at radius 3 is 2.00 bits per heavy atom. The third-order valence-corrected chi connectivity index (χ3v) is 3.93. The van der Waals surface area contributed by atoms with Gasteiger partial charge in [0.05, 0.1) is 0 Å². The summed E-state index contributed by atoms with van der Waals surface area (Å²) in [6.45, 7) is 0. The zero-order chi connectivity index (χ0) is 8.93. The van der Waals surface area contributed by atoms with Crippen molar-refractivity contribution in [2.45, 2.75) is 64.2 Å². The van der Waals surface area contributed by atoms with Gasteiger partial charge in [0.1, 0.15) is 0 Å². The minimum Gasteiger partial charge on any atom is -0.0533 e. The van der Waals surface area contributed by atoms with Gasteiger partial charge in [0.15, 0.2) is 0 Å². The first-order valence-electron chi connectivity index (χ1n) is 6.28. The van der Waals surface area contributed by atoms with Gasteiger partial charge in [-0.15, -0.1) is 0 Å². The first-order valence-corrected chi connectivity index (χ1v) is 6.28. The van der Waals surface area contributed by atoms with E-state index in [-0.39, 0.29) is 0 Å². The van der Waals surface area contributed by atoms with E-state index in [9.17, 15) is 0 Å². The molecule has 13 heavy (non-hydrogen) atoms. The Balaban J connectivity index is 1.61. The molecule has 0 unspecified atom stereocenters. The molecular weight excluding hydrogens is 156 g/mol. The van der Waals surface area contributed by atoms with Crippen molar-refractivity contribution in [3.05, 3.63) is 6.42 Å². The molecule has 0 spiro atoms. The average molecular weight is 179 g/mol. The summed E-state index contributed by atoms with van der Waals surface area (Å²) in [7, 11) is 0. The molecule has 0 heterocycles. The van der Waals surface area contributed by atoms with E-state index in [1.54, 1.807) is 0 Å². The predicted molar refractivity (Wildman–Crippen MR) is 57.5 cm³/mol. The summed E-state index contributed by atoms with van der Waals surface area (Å²) in [5.74, 6) is 2.08. The third kappa shape index (κ3) is 3.00. The van der Waals surface area contributed by atoms with Crippen molar-refractivity contribution in [1.82, 2.24) is 0 Å². The topological polar surface area (TPSA) is 0 Å². The average Bonchev–Trinajstić information content (AvgIpc) is 2.30. The lowest BCUT2D eigenvalue weighted by Crippen LogP contribution is -2.13. The van der Waals surface area contributed by atoms with Crippen LogP contribution in [0.4, 0.5) is 0 Å². The second kappa shape index (κ2) is 5.02. The van der Waals surface area contributed by atoms with E-state index in [1.165, 1.54) is 64.2 Å². The predicted octanol–water partition coefficient (Wildman–Crippen LogP) is 4.35. The maximum atomic E-state index is 2.66. The van der Waals surface area contributed by atoms with Crippen molar-refractivity contribution in [3.63, 3.8) is 0 Å². The van der Waals surface area contributed by atoms with Crippen LogP contribution in [0, 0.1) is 18.3 Å². The quantitative estimate of drug-likeness (QED) is 0.565. The van der Waals surface area contributed by atoms with Crippen molar-refractivity contribution in [2.75, 3.05) is 0 Å². The third-order valence-electron chi connectivity index (χ3n) is 3.93. The fraction of sp³-hybridized carbons (Fsp3) is 0.923. The van der Waals surface area contributed by atoms with Gasteiger partial charge in [-0.2, -0.15) is 0 Å². The van der Waals surface area contributed by atoms with Crippen molar-refractivity contribution in [1.29, 1.82) is 0 Å². The minimum absolute atomic E-state index is 0.989. The summed E-state index contributed by atoms with van der Waals surface area (Å²) in [5.41, 5.74) is 0. The highest BCUT2D eigenvalue weighted by atomic mass is 14.3. The zero-order valence-electron chi connectivity index (χ0n) is 8.80. The van der Waals surface area contributed by atoms with Gasteiger partial charge in [-0.25, -0.2) is 0 Å². The molecule has 0 aromatic carbocycles. The number of hydrogen-bond donors (Lipinski definition) is 0. The first kappa shape index (κ1) is 9.55. The number of rotatable bonds is 3. The molecule has 2 rings (SSSR count). The first-order chi connectivity index (χ1) is 6.45. The highest BCUT2D eigenvalue weighted by Crippen LogP contribution is 2.34. The van der Waals surface area contributed by atoms with Crippen LogP contribution in [0.3, 0.4) is 0 Å². The van der Waals surface area contributed by atoms with Crippen molar-refractivity contribution in [3.8, 4) is 0 Å². The van der Waals surface area contributed by atoms with Gasteiger partial charge >= 0.3 is 0 Å². The Morgan fingerprint density at radius 2 is 1.46 bits per heavy atom. The lowest BCUT2D eigenvalue weighted by molar-refractivity contribution is 0.298. The SMILES string of the molecule is [CH](CC1CCC1)C1CCCCCC1. The summed E-state index contributed by atoms with van der Waals surface area (Å²) >= 11 is 0. The fourth-order valence-corrected chi connectivity index (χ4v) is 2.66. The van der Waals surface area contributed by atoms with Crippen LogP contribution in [0.5, 0.6) is 0 Å². The lowest BCUT2D eigenvalue weighted by Gasteiger charge is -2.26. The van der Waals surface area contributed by atoms with Crippen LogP contribution in [0.25, 0.3) is 0 Å². The largest absolute Gasteiger partial charge is 0.0533 e. The molecule has 0 aromatic rings. The van der Waals surface area contributed by atoms with Crippen LogP contribution in [-0.4, -0.2) is 0 Å². The molecule has 0 aromatic heterocycles. The van der Waals surface area contributed by atoms with E-state index in [4.69, 9.17) is 0 Å². The molecule has 1 radical (unpaired) electrons. The maximum Gasteiger partial charge on any atom is -0.0352 e. The smallest absolute Gasteiger partial charge is 0.0352 e. The Hall–Kier alpha value is 0. The van der Waals surface area contributed by atoms with Crippen LogP contribution in [0.2, 0.25) is 0 Å². The molecule has 0 saturated heterocycles. The Kier molecular flexibility index (Phi) is 3.69. The zero-order valence-corrected chi connectivity index (χ0v) is 8.80. The minimum atomic E-state index is 0.989. The van der Waals surface area contributed by atoms with E-state index in [0.717, 1.165) is 11.8 Å². The molecule has 0 aliphatic heterocycles. The summed E-state index contributed by atoms with van der Waals surface area (Å²) in [6, 6.07) is 0. The molecule has 2 aliphatic carbocycles. The van der Waals surface area contributed by atoms with Crippen LogP contribution in [-0.2, 0) is 0 Å². The summed E-state index contributed by atoms with van der Waals surface area (Å²) in [5, 5.41) is 0. The Bertz CT molecular complexity index is 127. The van der Waals surface area contributed by atoms with Gasteiger partial charge in [0, 0.05) is 0 Å². The van der Waals surface area contributed by atoms with Crippen LogP contribution in [0.1, 0.15) is 64.2 Å². The Labute approximate surface area is 83.1 Å². The summed E-state index contributed by atoms with van der Waals surface area (Å²) in [6.07, 6.45) is 17.6. The van der Waals surface area contributed by atoms with Crippen LogP contribution < -0.4 is 0 Å². The van der Waals surface area contributed by atoms with Gasteiger partial charge in [0.2, 0.25) is 0 Å². The normalized spacial score (nSPS) is 26.8. The van der Waals surface area contributed by atoms with E-state index in [0.29, 0.717) is 0 Å². The summed E-state index contributed by atoms with van der Waals surface area (Å²) in [4.78, 5) is 0. The lowest BCUT2D eigenvalue weighted by atomic mass is 9.79. The standard InChI is InChI=1S/C13H23/c1-2-4-7-12(6-3-1)10-11-13-8-5-9-13/h10,12-13H,1-9,11H2. The monoisotopic (exact) mass is 179 g/mol. The Morgan fingerprint density at radius 1 is 0.769 bits per heavy atom. The van der Waals surface area contributed by atoms with Gasteiger partial charge in [0.25, 0.3) is 0 Å². The van der Waals surface area contributed by atoms with Gasteiger partial charge in [-0.05, 0) is 24.7 Å². The molecule has 0 heteroatoms. The van der Waals surface area contributed by atoms with Crippen LogP contribution >= 0.6 is 0 Å². The number of hydrogen-bond acceptors (Lipinski definition) is 0. The van der Waals surface area contributed by atoms with Gasteiger partial charge in [-0.1, -0.05) is 57.8 Å². The second-order valence-corrected chi connectivity index (χ2v) is 5.02. The second-order valence-electron chi connectivity index (χ2n) is 5.02. The molecule has 0 bridgehead atoms. The molecule has 0 amide bonds. The fourth-order valence-electron chi connectivity index (χ4n) is 2.66. The molecule has 0 N–H and O–H groups in total. The molecular formula is C13H23. The highest BCUT2D eigenvalue weighted by Gasteiger charge is 2.19. The van der Waals surface area contributed by atoms with E-state index < -0.39 is 0 Å². The molecule has 0 nitrogen and oxygen atoms in total. The van der Waals surface area contributed by atoms with Gasteiger partial charge in [-0.3, -0.25) is 0 Å². The molecule has 2 aliphatic rings. The molecule has 2 saturated carbocycles. The van der Waals surface area contributed by atoms with E-state index >= 15 is 0 Å².